The molecule has 4 rings (SSSR count). The maximum absolute atomic E-state index is 6.25. The average molecular weight is 438 g/mol. The predicted molar refractivity (Wildman–Crippen MR) is 131 cm³/mol. The zero-order valence-corrected chi connectivity index (χ0v) is 19.5. The molecular formula is C27H32ClNO2. The van der Waals surface area contributed by atoms with Gasteiger partial charge in [-0.05, 0) is 85.8 Å². The minimum atomic E-state index is 0. The smallest absolute Gasteiger partial charge is 0.120 e. The quantitative estimate of drug-likeness (QED) is 0.450. The highest BCUT2D eigenvalue weighted by Crippen LogP contribution is 2.31. The van der Waals surface area contributed by atoms with Crippen molar-refractivity contribution in [3.8, 4) is 22.6 Å². The number of methoxy groups -OCH3 is 1. The zero-order valence-electron chi connectivity index (χ0n) is 18.6. The first-order valence-electron chi connectivity index (χ1n) is 10.7. The van der Waals surface area contributed by atoms with E-state index in [-0.39, 0.29) is 12.4 Å². The SMILES string of the molecule is COc1ccc(-c2ccccc2)c(COc2ccc3c(c2)CCC(CN(C)C)C3)c1.Cl. The van der Waals surface area contributed by atoms with Crippen LogP contribution >= 0.6 is 12.4 Å². The van der Waals surface area contributed by atoms with Crippen molar-refractivity contribution in [2.24, 2.45) is 5.92 Å². The first kappa shape index (κ1) is 23.2. The number of rotatable bonds is 7. The summed E-state index contributed by atoms with van der Waals surface area (Å²) in [5, 5.41) is 0. The van der Waals surface area contributed by atoms with Crippen LogP contribution < -0.4 is 9.47 Å². The van der Waals surface area contributed by atoms with Crippen LogP contribution in [0.25, 0.3) is 11.1 Å². The molecule has 4 heteroatoms. The van der Waals surface area contributed by atoms with Gasteiger partial charge in [-0.2, -0.15) is 0 Å². The highest BCUT2D eigenvalue weighted by molar-refractivity contribution is 5.85. The topological polar surface area (TPSA) is 21.7 Å². The molecule has 0 aliphatic heterocycles. The predicted octanol–water partition coefficient (Wildman–Crippen LogP) is 6.03. The highest BCUT2D eigenvalue weighted by atomic mass is 35.5. The second-order valence-corrected chi connectivity index (χ2v) is 8.48. The van der Waals surface area contributed by atoms with Gasteiger partial charge in [-0.15, -0.1) is 12.4 Å². The van der Waals surface area contributed by atoms with Gasteiger partial charge in [-0.1, -0.05) is 42.5 Å². The molecule has 0 amide bonds. The molecule has 0 heterocycles. The lowest BCUT2D eigenvalue weighted by molar-refractivity contribution is 0.297. The van der Waals surface area contributed by atoms with Gasteiger partial charge in [0.25, 0.3) is 0 Å². The van der Waals surface area contributed by atoms with Crippen molar-refractivity contribution in [3.05, 3.63) is 83.4 Å². The summed E-state index contributed by atoms with van der Waals surface area (Å²) in [4.78, 5) is 2.30. The number of ether oxygens (including phenoxy) is 2. The van der Waals surface area contributed by atoms with Crippen LogP contribution in [-0.2, 0) is 19.4 Å². The normalized spacial score (nSPS) is 15.2. The molecule has 1 atom stereocenters. The number of benzene rings is 3. The van der Waals surface area contributed by atoms with Crippen molar-refractivity contribution in [1.29, 1.82) is 0 Å². The molecule has 0 saturated carbocycles. The van der Waals surface area contributed by atoms with E-state index in [1.54, 1.807) is 7.11 Å². The van der Waals surface area contributed by atoms with Crippen molar-refractivity contribution in [2.45, 2.75) is 25.9 Å². The van der Waals surface area contributed by atoms with Crippen molar-refractivity contribution >= 4 is 12.4 Å². The summed E-state index contributed by atoms with van der Waals surface area (Å²) in [6.45, 7) is 1.68. The summed E-state index contributed by atoms with van der Waals surface area (Å²) in [6.07, 6.45) is 3.56. The number of fused-ring (bicyclic) bond motifs is 1. The Balaban J connectivity index is 0.00000272. The zero-order chi connectivity index (χ0) is 20.9. The average Bonchev–Trinajstić information content (AvgIpc) is 2.77. The van der Waals surface area contributed by atoms with Crippen molar-refractivity contribution in [3.63, 3.8) is 0 Å². The van der Waals surface area contributed by atoms with Gasteiger partial charge in [0.1, 0.15) is 18.1 Å². The van der Waals surface area contributed by atoms with Crippen LogP contribution in [0.3, 0.4) is 0 Å². The van der Waals surface area contributed by atoms with E-state index in [4.69, 9.17) is 9.47 Å². The second kappa shape index (κ2) is 10.7. The van der Waals surface area contributed by atoms with E-state index in [9.17, 15) is 0 Å². The summed E-state index contributed by atoms with van der Waals surface area (Å²) >= 11 is 0. The van der Waals surface area contributed by atoms with E-state index in [0.29, 0.717) is 6.61 Å². The van der Waals surface area contributed by atoms with Crippen LogP contribution in [0, 0.1) is 5.92 Å². The molecule has 1 unspecified atom stereocenters. The van der Waals surface area contributed by atoms with Crippen LogP contribution in [0.1, 0.15) is 23.1 Å². The van der Waals surface area contributed by atoms with E-state index in [1.165, 1.54) is 35.1 Å². The van der Waals surface area contributed by atoms with Gasteiger partial charge >= 0.3 is 0 Å². The van der Waals surface area contributed by atoms with Crippen LogP contribution in [0.2, 0.25) is 0 Å². The van der Waals surface area contributed by atoms with Crippen molar-refractivity contribution < 1.29 is 9.47 Å². The molecule has 0 bridgehead atoms. The molecule has 0 saturated heterocycles. The lowest BCUT2D eigenvalue weighted by Gasteiger charge is -2.27. The number of halogens is 1. The molecule has 1 aliphatic rings. The Hall–Kier alpha value is -2.49. The van der Waals surface area contributed by atoms with Gasteiger partial charge in [0.05, 0.1) is 7.11 Å². The fourth-order valence-electron chi connectivity index (χ4n) is 4.45. The van der Waals surface area contributed by atoms with E-state index < -0.39 is 0 Å². The molecule has 3 aromatic carbocycles. The minimum absolute atomic E-state index is 0. The molecule has 1 aliphatic carbocycles. The second-order valence-electron chi connectivity index (χ2n) is 8.48. The van der Waals surface area contributed by atoms with Crippen molar-refractivity contribution in [2.75, 3.05) is 27.7 Å². The standard InChI is InChI=1S/C27H31NO2.ClH/c1-28(2)18-20-9-10-23-16-26(12-11-22(23)15-20)30-19-24-17-25(29-3)13-14-27(24)21-7-5-4-6-8-21;/h4-8,11-14,16-17,20H,9-10,15,18-19H2,1-3H3;1H. The van der Waals surface area contributed by atoms with Crippen LogP contribution in [0.15, 0.2) is 66.7 Å². The fraction of sp³-hybridized carbons (Fsp3) is 0.333. The summed E-state index contributed by atoms with van der Waals surface area (Å²) in [5.74, 6) is 2.55. The lowest BCUT2D eigenvalue weighted by atomic mass is 9.83. The Morgan fingerprint density at radius 3 is 2.42 bits per heavy atom. The Labute approximate surface area is 192 Å². The number of aryl methyl sites for hydroxylation is 1. The van der Waals surface area contributed by atoms with Gasteiger partial charge in [-0.25, -0.2) is 0 Å². The van der Waals surface area contributed by atoms with Gasteiger partial charge < -0.3 is 14.4 Å². The third-order valence-corrected chi connectivity index (χ3v) is 5.92. The molecule has 0 spiro atoms. The molecule has 0 aromatic heterocycles. The Kier molecular flexibility index (Phi) is 8.00. The largest absolute Gasteiger partial charge is 0.497 e. The first-order valence-corrected chi connectivity index (χ1v) is 10.7. The highest BCUT2D eigenvalue weighted by Gasteiger charge is 2.19. The molecule has 0 radical (unpaired) electrons. The molecule has 0 N–H and O–H groups in total. The third-order valence-electron chi connectivity index (χ3n) is 5.92. The molecule has 0 fully saturated rings. The summed E-state index contributed by atoms with van der Waals surface area (Å²) in [7, 11) is 6.03. The van der Waals surface area contributed by atoms with Crippen LogP contribution in [-0.4, -0.2) is 32.6 Å². The molecule has 3 aromatic rings. The fourth-order valence-corrected chi connectivity index (χ4v) is 4.45. The van der Waals surface area contributed by atoms with Crippen LogP contribution in [0.4, 0.5) is 0 Å². The lowest BCUT2D eigenvalue weighted by Crippen LogP contribution is -2.26. The Morgan fingerprint density at radius 1 is 0.903 bits per heavy atom. The summed E-state index contributed by atoms with van der Waals surface area (Å²) in [5.41, 5.74) is 6.42. The van der Waals surface area contributed by atoms with Gasteiger partial charge in [0, 0.05) is 12.1 Å². The summed E-state index contributed by atoms with van der Waals surface area (Å²) < 4.78 is 11.7. The first-order chi connectivity index (χ1) is 14.6. The Morgan fingerprint density at radius 2 is 1.68 bits per heavy atom. The van der Waals surface area contributed by atoms with Crippen LogP contribution in [0.5, 0.6) is 11.5 Å². The van der Waals surface area contributed by atoms with Gasteiger partial charge in [0.2, 0.25) is 0 Å². The monoisotopic (exact) mass is 437 g/mol. The van der Waals surface area contributed by atoms with E-state index in [1.807, 2.05) is 12.1 Å². The van der Waals surface area contributed by atoms with Crippen molar-refractivity contribution in [1.82, 2.24) is 4.90 Å². The van der Waals surface area contributed by atoms with E-state index in [2.05, 4.69) is 73.6 Å². The molecule has 164 valence electrons. The molecule has 3 nitrogen and oxygen atoms in total. The number of hydrogen-bond acceptors (Lipinski definition) is 3. The Bertz CT molecular complexity index is 988. The molecule has 31 heavy (non-hydrogen) atoms. The van der Waals surface area contributed by atoms with E-state index in [0.717, 1.165) is 35.9 Å². The third kappa shape index (κ3) is 5.81. The number of nitrogens with zero attached hydrogens (tertiary/aromatic N) is 1. The maximum Gasteiger partial charge on any atom is 0.120 e. The number of hydrogen-bond donors (Lipinski definition) is 0. The van der Waals surface area contributed by atoms with E-state index >= 15 is 0 Å². The van der Waals surface area contributed by atoms with Gasteiger partial charge in [0.15, 0.2) is 0 Å². The summed E-state index contributed by atoms with van der Waals surface area (Å²) in [6, 6.07) is 23.3. The molecular weight excluding hydrogens is 406 g/mol. The maximum atomic E-state index is 6.25. The minimum Gasteiger partial charge on any atom is -0.497 e. The van der Waals surface area contributed by atoms with Gasteiger partial charge in [-0.3, -0.25) is 0 Å².